The lowest BCUT2D eigenvalue weighted by atomic mass is 9.82. The minimum atomic E-state index is -1.06. The number of allylic oxidation sites excluding steroid dienone is 1. The van der Waals surface area contributed by atoms with E-state index in [2.05, 4.69) is 63.1 Å². The first-order chi connectivity index (χ1) is 14.4. The molecule has 0 saturated heterocycles. The molecule has 3 heteroatoms. The van der Waals surface area contributed by atoms with Crippen LogP contribution in [0.2, 0.25) is 0 Å². The van der Waals surface area contributed by atoms with Gasteiger partial charge in [-0.25, -0.2) is 4.98 Å². The number of hydrogen-bond acceptors (Lipinski definition) is 3. The number of aryl methyl sites for hydroxylation is 2. The molecule has 1 aromatic carbocycles. The van der Waals surface area contributed by atoms with Crippen molar-refractivity contribution in [3.8, 4) is 0 Å². The Balaban J connectivity index is 1.99. The first kappa shape index (κ1) is 20.6. The SMILES string of the molecule is C=C[C@](O)(CC)C1=C(CCC)C(=C)N2Cc3c(nc4ccc(C)cc4c3CC)C2=C1. The van der Waals surface area contributed by atoms with E-state index in [1.807, 2.05) is 6.92 Å². The fourth-order valence-electron chi connectivity index (χ4n) is 4.93. The summed E-state index contributed by atoms with van der Waals surface area (Å²) in [5.41, 5.74) is 9.01. The molecule has 0 amide bonds. The first-order valence-corrected chi connectivity index (χ1v) is 11.1. The van der Waals surface area contributed by atoms with Crippen molar-refractivity contribution in [3.05, 3.63) is 82.7 Å². The predicted octanol–water partition coefficient (Wildman–Crippen LogP) is 6.21. The van der Waals surface area contributed by atoms with Gasteiger partial charge < -0.3 is 10.0 Å². The van der Waals surface area contributed by atoms with E-state index in [-0.39, 0.29) is 0 Å². The summed E-state index contributed by atoms with van der Waals surface area (Å²) in [6, 6.07) is 6.50. The number of nitrogens with zero attached hydrogens (tertiary/aromatic N) is 2. The molecule has 156 valence electrons. The van der Waals surface area contributed by atoms with Gasteiger partial charge in [0.05, 0.1) is 23.5 Å². The van der Waals surface area contributed by atoms with Gasteiger partial charge in [0.2, 0.25) is 0 Å². The molecular formula is C27H32N2O. The molecule has 3 heterocycles. The van der Waals surface area contributed by atoms with E-state index in [9.17, 15) is 5.11 Å². The normalized spacial score (nSPS) is 17.7. The number of fused-ring (bicyclic) bond motifs is 4. The minimum absolute atomic E-state index is 0.577. The largest absolute Gasteiger partial charge is 0.381 e. The van der Waals surface area contributed by atoms with Gasteiger partial charge in [0, 0.05) is 16.6 Å². The van der Waals surface area contributed by atoms with Gasteiger partial charge in [-0.2, -0.15) is 0 Å². The van der Waals surface area contributed by atoms with Crippen LogP contribution in [0, 0.1) is 6.92 Å². The van der Waals surface area contributed by atoms with E-state index in [0.29, 0.717) is 6.42 Å². The Morgan fingerprint density at radius 1 is 1.27 bits per heavy atom. The van der Waals surface area contributed by atoms with Crippen LogP contribution >= 0.6 is 0 Å². The van der Waals surface area contributed by atoms with E-state index in [0.717, 1.165) is 59.6 Å². The Hall–Kier alpha value is -2.65. The van der Waals surface area contributed by atoms with Gasteiger partial charge in [0.25, 0.3) is 0 Å². The molecule has 2 aliphatic rings. The summed E-state index contributed by atoms with van der Waals surface area (Å²) >= 11 is 0. The molecule has 0 fully saturated rings. The second-order valence-electron chi connectivity index (χ2n) is 8.48. The van der Waals surface area contributed by atoms with Crippen LogP contribution in [0.15, 0.2) is 60.4 Å². The average molecular weight is 401 g/mol. The molecule has 2 aliphatic heterocycles. The van der Waals surface area contributed by atoms with Crippen molar-refractivity contribution in [2.45, 2.75) is 65.5 Å². The van der Waals surface area contributed by atoms with E-state index in [4.69, 9.17) is 4.98 Å². The zero-order valence-corrected chi connectivity index (χ0v) is 18.7. The standard InChI is InChI=1S/C27H32N2O/c1-7-11-20-18(6)29-16-22-19(8-2)21-14-17(5)12-13-24(21)28-26(22)25(29)15-23(20)27(30,9-3)10-4/h9,12-15,30H,3,6-8,10-11,16H2,1-2,4-5H3/t27-/m0/s1. The number of hydrogen-bond donors (Lipinski definition) is 1. The zero-order chi connectivity index (χ0) is 21.6. The maximum atomic E-state index is 11.3. The van der Waals surface area contributed by atoms with E-state index >= 15 is 0 Å². The van der Waals surface area contributed by atoms with Crippen molar-refractivity contribution in [1.82, 2.24) is 9.88 Å². The molecule has 0 aliphatic carbocycles. The van der Waals surface area contributed by atoms with Gasteiger partial charge in [-0.3, -0.25) is 0 Å². The molecule has 2 aromatic rings. The van der Waals surface area contributed by atoms with Crippen LogP contribution in [0.5, 0.6) is 0 Å². The smallest absolute Gasteiger partial charge is 0.108 e. The molecular weight excluding hydrogens is 368 g/mol. The molecule has 1 aromatic heterocycles. The molecule has 3 nitrogen and oxygen atoms in total. The lowest BCUT2D eigenvalue weighted by Gasteiger charge is -2.36. The third-order valence-corrected chi connectivity index (χ3v) is 6.69. The fraction of sp³-hybridized carbons (Fsp3) is 0.370. The van der Waals surface area contributed by atoms with E-state index < -0.39 is 5.60 Å². The van der Waals surface area contributed by atoms with Crippen molar-refractivity contribution < 1.29 is 5.11 Å². The van der Waals surface area contributed by atoms with Crippen molar-refractivity contribution >= 4 is 16.6 Å². The van der Waals surface area contributed by atoms with E-state index in [1.54, 1.807) is 6.08 Å². The van der Waals surface area contributed by atoms with Crippen LogP contribution in [0.25, 0.3) is 16.6 Å². The van der Waals surface area contributed by atoms with Crippen LogP contribution < -0.4 is 0 Å². The number of pyridine rings is 1. The lowest BCUT2D eigenvalue weighted by Crippen LogP contribution is -2.32. The Labute approximate surface area is 180 Å². The summed E-state index contributed by atoms with van der Waals surface area (Å²) in [4.78, 5) is 7.37. The second-order valence-corrected chi connectivity index (χ2v) is 8.48. The summed E-state index contributed by atoms with van der Waals surface area (Å²) in [6.07, 6.45) is 7.24. The highest BCUT2D eigenvalue weighted by Crippen LogP contribution is 2.47. The Morgan fingerprint density at radius 2 is 2.03 bits per heavy atom. The number of aliphatic hydroxyl groups is 1. The molecule has 30 heavy (non-hydrogen) atoms. The van der Waals surface area contributed by atoms with Gasteiger partial charge in [-0.1, -0.05) is 58.1 Å². The summed E-state index contributed by atoms with van der Waals surface area (Å²) in [5, 5.41) is 12.6. The van der Waals surface area contributed by atoms with Gasteiger partial charge >= 0.3 is 0 Å². The minimum Gasteiger partial charge on any atom is -0.381 e. The van der Waals surface area contributed by atoms with Crippen molar-refractivity contribution in [2.24, 2.45) is 0 Å². The van der Waals surface area contributed by atoms with Crippen molar-refractivity contribution in [3.63, 3.8) is 0 Å². The zero-order valence-electron chi connectivity index (χ0n) is 18.7. The maximum Gasteiger partial charge on any atom is 0.108 e. The molecule has 1 N–H and O–H groups in total. The van der Waals surface area contributed by atoms with Crippen LogP contribution in [-0.4, -0.2) is 20.6 Å². The molecule has 0 saturated carbocycles. The molecule has 0 bridgehead atoms. The topological polar surface area (TPSA) is 36.4 Å². The third-order valence-electron chi connectivity index (χ3n) is 6.69. The second kappa shape index (κ2) is 7.55. The monoisotopic (exact) mass is 400 g/mol. The summed E-state index contributed by atoms with van der Waals surface area (Å²) in [6.45, 7) is 17.7. The van der Waals surface area contributed by atoms with Gasteiger partial charge in [-0.05, 0) is 61.1 Å². The van der Waals surface area contributed by atoms with Crippen LogP contribution in [-0.2, 0) is 13.0 Å². The molecule has 0 unspecified atom stereocenters. The number of aromatic nitrogens is 1. The Kier molecular flexibility index (Phi) is 5.19. The molecule has 0 radical (unpaired) electrons. The lowest BCUT2D eigenvalue weighted by molar-refractivity contribution is 0.127. The Morgan fingerprint density at radius 3 is 2.67 bits per heavy atom. The van der Waals surface area contributed by atoms with Gasteiger partial charge in [0.1, 0.15) is 5.60 Å². The number of benzene rings is 1. The van der Waals surface area contributed by atoms with Crippen LogP contribution in [0.4, 0.5) is 0 Å². The summed E-state index contributed by atoms with van der Waals surface area (Å²) < 4.78 is 0. The molecule has 4 rings (SSSR count). The average Bonchev–Trinajstić information content (AvgIpc) is 3.12. The molecule has 0 spiro atoms. The quantitative estimate of drug-likeness (QED) is 0.585. The van der Waals surface area contributed by atoms with Gasteiger partial charge in [-0.15, -0.1) is 0 Å². The first-order valence-electron chi connectivity index (χ1n) is 11.1. The predicted molar refractivity (Wildman–Crippen MR) is 126 cm³/mol. The third kappa shape index (κ3) is 2.95. The van der Waals surface area contributed by atoms with Crippen molar-refractivity contribution in [2.75, 3.05) is 0 Å². The highest BCUT2D eigenvalue weighted by molar-refractivity contribution is 5.89. The fourth-order valence-corrected chi connectivity index (χ4v) is 4.93. The van der Waals surface area contributed by atoms with E-state index in [1.165, 1.54) is 22.1 Å². The Bertz CT molecular complexity index is 1120. The number of rotatable bonds is 6. The summed E-state index contributed by atoms with van der Waals surface area (Å²) in [5.74, 6) is 0. The van der Waals surface area contributed by atoms with Crippen molar-refractivity contribution in [1.29, 1.82) is 0 Å². The van der Waals surface area contributed by atoms with Gasteiger partial charge in [0.15, 0.2) is 0 Å². The van der Waals surface area contributed by atoms with Crippen LogP contribution in [0.1, 0.15) is 62.4 Å². The highest BCUT2D eigenvalue weighted by atomic mass is 16.3. The maximum absolute atomic E-state index is 11.3. The summed E-state index contributed by atoms with van der Waals surface area (Å²) in [7, 11) is 0. The highest BCUT2D eigenvalue weighted by Gasteiger charge is 2.38. The van der Waals surface area contributed by atoms with Crippen LogP contribution in [0.3, 0.4) is 0 Å². The molecule has 1 atom stereocenters.